The monoisotopic (exact) mass is 243 g/mol. The molecule has 0 radical (unpaired) electrons. The van der Waals surface area contributed by atoms with Crippen molar-refractivity contribution in [3.63, 3.8) is 0 Å². The van der Waals surface area contributed by atoms with Gasteiger partial charge >= 0.3 is 0 Å². The Kier molecular flexibility index (Phi) is 2.29. The Morgan fingerprint density at radius 1 is 1.39 bits per heavy atom. The van der Waals surface area contributed by atoms with Gasteiger partial charge in [-0.15, -0.1) is 0 Å². The van der Waals surface area contributed by atoms with Gasteiger partial charge in [0.15, 0.2) is 0 Å². The van der Waals surface area contributed by atoms with Gasteiger partial charge in [-0.3, -0.25) is 9.36 Å². The van der Waals surface area contributed by atoms with E-state index in [0.29, 0.717) is 24.0 Å². The molecule has 1 aliphatic heterocycles. The van der Waals surface area contributed by atoms with E-state index in [9.17, 15) is 4.79 Å². The number of nitrogens with two attached hydrogens (primary N) is 1. The number of fused-ring (bicyclic) bond motifs is 1. The number of nitrogen functional groups attached to an aromatic ring is 1. The molecule has 2 aromatic rings. The van der Waals surface area contributed by atoms with Gasteiger partial charge in [0.1, 0.15) is 11.6 Å². The van der Waals surface area contributed by atoms with Crippen LogP contribution >= 0.6 is 0 Å². The van der Waals surface area contributed by atoms with Gasteiger partial charge in [-0.2, -0.15) is 9.97 Å². The molecule has 0 aromatic carbocycles. The summed E-state index contributed by atoms with van der Waals surface area (Å²) in [6.07, 6.45) is 4.08. The zero-order valence-corrected chi connectivity index (χ0v) is 9.92. The quantitative estimate of drug-likeness (QED) is 0.790. The van der Waals surface area contributed by atoms with Crippen molar-refractivity contribution in [3.8, 4) is 5.95 Å². The van der Waals surface area contributed by atoms with E-state index in [2.05, 4.69) is 15.3 Å². The van der Waals surface area contributed by atoms with Gasteiger partial charge in [0.05, 0.1) is 0 Å². The molecule has 0 bridgehead atoms. The second-order valence-corrected chi connectivity index (χ2v) is 4.41. The second kappa shape index (κ2) is 3.83. The highest BCUT2D eigenvalue weighted by Gasteiger charge is 2.26. The van der Waals surface area contributed by atoms with E-state index in [4.69, 9.17) is 5.73 Å². The van der Waals surface area contributed by atoms with Crippen LogP contribution in [0.25, 0.3) is 5.95 Å². The molecular weight excluding hydrogens is 230 g/mol. The zero-order chi connectivity index (χ0) is 12.7. The van der Waals surface area contributed by atoms with Crippen LogP contribution in [0.2, 0.25) is 0 Å². The number of hydrogen-bond acceptors (Lipinski definition) is 4. The molecule has 1 atom stereocenters. The molecule has 92 valence electrons. The van der Waals surface area contributed by atoms with Crippen molar-refractivity contribution < 1.29 is 4.79 Å². The lowest BCUT2D eigenvalue weighted by atomic mass is 9.95. The summed E-state index contributed by atoms with van der Waals surface area (Å²) in [5.74, 6) is 1.43. The maximum atomic E-state index is 11.5. The van der Waals surface area contributed by atoms with Gasteiger partial charge < -0.3 is 11.1 Å². The van der Waals surface area contributed by atoms with Crippen LogP contribution < -0.4 is 11.1 Å². The highest BCUT2D eigenvalue weighted by molar-refractivity contribution is 5.94. The predicted octanol–water partition coefficient (Wildman–Crippen LogP) is 1.30. The lowest BCUT2D eigenvalue weighted by molar-refractivity contribution is -0.116. The van der Waals surface area contributed by atoms with Crippen LogP contribution in [0.15, 0.2) is 24.5 Å². The average Bonchev–Trinajstić information content (AvgIpc) is 2.80. The molecule has 3 N–H and O–H groups in total. The molecule has 0 spiro atoms. The average molecular weight is 243 g/mol. The minimum atomic E-state index is -0.0356. The van der Waals surface area contributed by atoms with E-state index in [1.54, 1.807) is 4.57 Å². The van der Waals surface area contributed by atoms with E-state index < -0.39 is 0 Å². The number of anilines is 2. The first-order valence-electron chi connectivity index (χ1n) is 5.76. The van der Waals surface area contributed by atoms with Gasteiger partial charge in [-0.25, -0.2) is 0 Å². The molecule has 6 heteroatoms. The number of carbonyl (C=O) groups excluding carboxylic acids is 1. The van der Waals surface area contributed by atoms with E-state index in [1.807, 2.05) is 31.5 Å². The fraction of sp³-hybridized carbons (Fsp3) is 0.250. The maximum absolute atomic E-state index is 11.5. The smallest absolute Gasteiger partial charge is 0.237 e. The van der Waals surface area contributed by atoms with Crippen molar-refractivity contribution in [1.29, 1.82) is 0 Å². The summed E-state index contributed by atoms with van der Waals surface area (Å²) >= 11 is 0. The molecule has 3 rings (SSSR count). The predicted molar refractivity (Wildman–Crippen MR) is 67.4 cm³/mol. The number of rotatable bonds is 1. The molecule has 0 aliphatic carbocycles. The van der Waals surface area contributed by atoms with Gasteiger partial charge in [0.25, 0.3) is 0 Å². The largest absolute Gasteiger partial charge is 0.383 e. The minimum absolute atomic E-state index is 0.0356. The van der Waals surface area contributed by atoms with Crippen LogP contribution in [0.4, 0.5) is 11.6 Å². The molecule has 0 fully saturated rings. The summed E-state index contributed by atoms with van der Waals surface area (Å²) in [4.78, 5) is 20.2. The van der Waals surface area contributed by atoms with Gasteiger partial charge in [0, 0.05) is 24.4 Å². The summed E-state index contributed by atoms with van der Waals surface area (Å²) in [7, 11) is 0. The van der Waals surface area contributed by atoms with E-state index >= 15 is 0 Å². The summed E-state index contributed by atoms with van der Waals surface area (Å²) in [6.45, 7) is 1.95. The number of nitrogens with one attached hydrogen (secondary N) is 1. The van der Waals surface area contributed by atoms with Crippen molar-refractivity contribution in [1.82, 2.24) is 14.5 Å². The van der Waals surface area contributed by atoms with E-state index in [-0.39, 0.29) is 11.8 Å². The molecular formula is C12H13N5O. The Hall–Kier alpha value is -2.37. The van der Waals surface area contributed by atoms with Gasteiger partial charge in [0.2, 0.25) is 11.9 Å². The number of aromatic nitrogens is 3. The maximum Gasteiger partial charge on any atom is 0.237 e. The van der Waals surface area contributed by atoms with Gasteiger partial charge in [-0.05, 0) is 18.1 Å². The normalized spacial score (nSPS) is 18.3. The van der Waals surface area contributed by atoms with Crippen LogP contribution in [0.3, 0.4) is 0 Å². The Balaban J connectivity index is 2.15. The number of carbonyl (C=O) groups is 1. The third kappa shape index (κ3) is 1.62. The second-order valence-electron chi connectivity index (χ2n) is 4.41. The van der Waals surface area contributed by atoms with Crippen molar-refractivity contribution >= 4 is 17.5 Å². The lowest BCUT2D eigenvalue weighted by Crippen LogP contribution is -2.25. The van der Waals surface area contributed by atoms with Crippen molar-refractivity contribution in [2.24, 2.45) is 0 Å². The first-order valence-corrected chi connectivity index (χ1v) is 5.76. The van der Waals surface area contributed by atoms with Crippen LogP contribution in [0, 0.1) is 0 Å². The molecule has 3 heterocycles. The molecule has 18 heavy (non-hydrogen) atoms. The molecule has 1 aliphatic rings. The molecule has 0 saturated carbocycles. The highest BCUT2D eigenvalue weighted by Crippen LogP contribution is 2.34. The topological polar surface area (TPSA) is 85.8 Å². The Bertz CT molecular complexity index is 605. The molecule has 6 nitrogen and oxygen atoms in total. The van der Waals surface area contributed by atoms with E-state index in [1.165, 1.54) is 0 Å². The minimum Gasteiger partial charge on any atom is -0.383 e. The highest BCUT2D eigenvalue weighted by atomic mass is 16.1. The van der Waals surface area contributed by atoms with Crippen molar-refractivity contribution in [2.45, 2.75) is 19.3 Å². The van der Waals surface area contributed by atoms with Crippen LogP contribution in [-0.4, -0.2) is 20.4 Å². The number of hydrogen-bond donors (Lipinski definition) is 2. The van der Waals surface area contributed by atoms with Crippen LogP contribution in [-0.2, 0) is 4.79 Å². The summed E-state index contributed by atoms with van der Waals surface area (Å²) < 4.78 is 1.75. The summed E-state index contributed by atoms with van der Waals surface area (Å²) in [6, 6.07) is 3.75. The fourth-order valence-corrected chi connectivity index (χ4v) is 2.20. The Labute approximate surface area is 104 Å². The molecule has 2 aromatic heterocycles. The lowest BCUT2D eigenvalue weighted by Gasteiger charge is -2.23. The standard InChI is InChI=1S/C12H13N5O/c1-7-6-8(18)14-11-9(7)10(13)15-12(16-11)17-4-2-3-5-17/h2-5,7H,6H2,1H3,(H3,13,14,15,16,18). The first-order chi connectivity index (χ1) is 8.65. The zero-order valence-electron chi connectivity index (χ0n) is 9.92. The summed E-state index contributed by atoms with van der Waals surface area (Å²) in [5.41, 5.74) is 6.79. The Morgan fingerprint density at radius 2 is 2.11 bits per heavy atom. The van der Waals surface area contributed by atoms with Crippen LogP contribution in [0.5, 0.6) is 0 Å². The Morgan fingerprint density at radius 3 is 2.83 bits per heavy atom. The van der Waals surface area contributed by atoms with Gasteiger partial charge in [-0.1, -0.05) is 6.92 Å². The third-order valence-electron chi connectivity index (χ3n) is 3.04. The van der Waals surface area contributed by atoms with Crippen molar-refractivity contribution in [2.75, 3.05) is 11.1 Å². The molecule has 1 unspecified atom stereocenters. The van der Waals surface area contributed by atoms with E-state index in [0.717, 1.165) is 5.56 Å². The molecule has 1 amide bonds. The van der Waals surface area contributed by atoms with Crippen LogP contribution in [0.1, 0.15) is 24.8 Å². The number of amides is 1. The molecule has 0 saturated heterocycles. The first kappa shape index (κ1) is 10.8. The SMILES string of the molecule is CC1CC(=O)Nc2nc(-n3cccc3)nc(N)c21. The van der Waals surface area contributed by atoms with Crippen molar-refractivity contribution in [3.05, 3.63) is 30.1 Å². The summed E-state index contributed by atoms with van der Waals surface area (Å²) in [5, 5.41) is 2.75. The fourth-order valence-electron chi connectivity index (χ4n) is 2.20. The third-order valence-corrected chi connectivity index (χ3v) is 3.04. The number of nitrogens with zero attached hydrogens (tertiary/aromatic N) is 3.